The SMILES string of the molecule is O=C(Nc1ncc(Cc2ccccc2F)s1)c1ccc2ccccc2c1. The molecule has 1 aromatic heterocycles. The molecule has 4 aromatic rings. The minimum atomic E-state index is -0.234. The van der Waals surface area contributed by atoms with Crippen molar-refractivity contribution < 1.29 is 9.18 Å². The van der Waals surface area contributed by atoms with Crippen LogP contribution in [0, 0.1) is 5.82 Å². The van der Waals surface area contributed by atoms with Gasteiger partial charge >= 0.3 is 0 Å². The van der Waals surface area contributed by atoms with Crippen LogP contribution in [0.5, 0.6) is 0 Å². The van der Waals surface area contributed by atoms with Crippen molar-refractivity contribution in [2.24, 2.45) is 0 Å². The number of aromatic nitrogens is 1. The third-order valence-electron chi connectivity index (χ3n) is 4.11. The van der Waals surface area contributed by atoms with Gasteiger partial charge in [0, 0.05) is 23.1 Å². The van der Waals surface area contributed by atoms with Gasteiger partial charge in [0.1, 0.15) is 5.82 Å². The average Bonchev–Trinajstić information content (AvgIpc) is 3.10. The highest BCUT2D eigenvalue weighted by Crippen LogP contribution is 2.23. The first kappa shape index (κ1) is 16.4. The van der Waals surface area contributed by atoms with Crippen LogP contribution in [-0.2, 0) is 6.42 Å². The van der Waals surface area contributed by atoms with Gasteiger partial charge in [-0.3, -0.25) is 10.1 Å². The van der Waals surface area contributed by atoms with Gasteiger partial charge in [-0.2, -0.15) is 0 Å². The molecule has 0 radical (unpaired) electrons. The number of hydrogen-bond donors (Lipinski definition) is 1. The van der Waals surface area contributed by atoms with Gasteiger partial charge in [-0.15, -0.1) is 11.3 Å². The number of carbonyl (C=O) groups is 1. The van der Waals surface area contributed by atoms with E-state index in [1.165, 1.54) is 17.4 Å². The molecule has 3 aromatic carbocycles. The van der Waals surface area contributed by atoms with E-state index < -0.39 is 0 Å². The summed E-state index contributed by atoms with van der Waals surface area (Å²) in [5.74, 6) is -0.440. The molecule has 128 valence electrons. The van der Waals surface area contributed by atoms with Crippen LogP contribution < -0.4 is 5.32 Å². The highest BCUT2D eigenvalue weighted by atomic mass is 32.1. The molecule has 0 unspecified atom stereocenters. The smallest absolute Gasteiger partial charge is 0.257 e. The molecule has 3 nitrogen and oxygen atoms in total. The predicted molar refractivity (Wildman–Crippen MR) is 103 cm³/mol. The van der Waals surface area contributed by atoms with Crippen molar-refractivity contribution in [3.8, 4) is 0 Å². The molecular formula is C21H15FN2OS. The van der Waals surface area contributed by atoms with E-state index in [1.807, 2.05) is 42.5 Å². The van der Waals surface area contributed by atoms with Crippen molar-refractivity contribution >= 4 is 33.1 Å². The molecule has 0 aliphatic rings. The Morgan fingerprint density at radius 1 is 1.00 bits per heavy atom. The summed E-state index contributed by atoms with van der Waals surface area (Å²) in [5, 5.41) is 5.43. The Kier molecular flexibility index (Phi) is 4.46. The summed E-state index contributed by atoms with van der Waals surface area (Å²) < 4.78 is 13.8. The molecule has 1 N–H and O–H groups in total. The zero-order valence-electron chi connectivity index (χ0n) is 13.8. The molecular weight excluding hydrogens is 347 g/mol. The lowest BCUT2D eigenvalue weighted by atomic mass is 10.1. The van der Waals surface area contributed by atoms with E-state index in [1.54, 1.807) is 24.4 Å². The van der Waals surface area contributed by atoms with Crippen LogP contribution >= 0.6 is 11.3 Å². The molecule has 5 heteroatoms. The number of thiazole rings is 1. The molecule has 0 fully saturated rings. The Balaban J connectivity index is 1.49. The zero-order valence-corrected chi connectivity index (χ0v) is 14.6. The summed E-state index contributed by atoms with van der Waals surface area (Å²) in [6, 6.07) is 20.1. The first-order valence-electron chi connectivity index (χ1n) is 8.17. The summed E-state index contributed by atoms with van der Waals surface area (Å²) in [6.07, 6.45) is 2.13. The fraction of sp³-hybridized carbons (Fsp3) is 0.0476. The second-order valence-corrected chi connectivity index (χ2v) is 7.03. The number of hydrogen-bond acceptors (Lipinski definition) is 3. The van der Waals surface area contributed by atoms with Gasteiger partial charge in [0.05, 0.1) is 0 Å². The number of anilines is 1. The number of carbonyl (C=O) groups excluding carboxylic acids is 1. The summed E-state index contributed by atoms with van der Waals surface area (Å²) in [6.45, 7) is 0. The van der Waals surface area contributed by atoms with Crippen molar-refractivity contribution in [3.63, 3.8) is 0 Å². The third-order valence-corrected chi connectivity index (χ3v) is 5.02. The minimum absolute atomic E-state index is 0.206. The molecule has 26 heavy (non-hydrogen) atoms. The molecule has 1 heterocycles. The summed E-state index contributed by atoms with van der Waals surface area (Å²) >= 11 is 1.35. The van der Waals surface area contributed by atoms with E-state index in [0.29, 0.717) is 22.7 Å². The Labute approximate surface area is 154 Å². The molecule has 0 aliphatic heterocycles. The van der Waals surface area contributed by atoms with Gasteiger partial charge in [0.2, 0.25) is 0 Å². The average molecular weight is 362 g/mol. The van der Waals surface area contributed by atoms with E-state index in [-0.39, 0.29) is 11.7 Å². The topological polar surface area (TPSA) is 42.0 Å². The fourth-order valence-corrected chi connectivity index (χ4v) is 3.61. The van der Waals surface area contributed by atoms with E-state index in [9.17, 15) is 9.18 Å². The van der Waals surface area contributed by atoms with Crippen LogP contribution in [0.2, 0.25) is 0 Å². The number of nitrogens with one attached hydrogen (secondary N) is 1. The second kappa shape index (κ2) is 7.06. The number of benzene rings is 3. The lowest BCUT2D eigenvalue weighted by molar-refractivity contribution is 0.102. The molecule has 0 atom stereocenters. The van der Waals surface area contributed by atoms with Crippen LogP contribution in [0.15, 0.2) is 72.9 Å². The van der Waals surface area contributed by atoms with Crippen LogP contribution in [0.25, 0.3) is 10.8 Å². The predicted octanol–water partition coefficient (Wildman–Crippen LogP) is 5.28. The van der Waals surface area contributed by atoms with Crippen molar-refractivity contribution in [3.05, 3.63) is 94.7 Å². The minimum Gasteiger partial charge on any atom is -0.298 e. The van der Waals surface area contributed by atoms with Crippen molar-refractivity contribution in [2.75, 3.05) is 5.32 Å². The maximum absolute atomic E-state index is 13.8. The number of amides is 1. The summed E-state index contributed by atoms with van der Waals surface area (Å²) in [4.78, 5) is 17.6. The maximum Gasteiger partial charge on any atom is 0.257 e. The molecule has 0 saturated heterocycles. The monoisotopic (exact) mass is 362 g/mol. The van der Waals surface area contributed by atoms with Crippen LogP contribution in [0.4, 0.5) is 9.52 Å². The molecule has 1 amide bonds. The molecule has 0 aliphatic carbocycles. The van der Waals surface area contributed by atoms with Gasteiger partial charge in [-0.25, -0.2) is 9.37 Å². The highest BCUT2D eigenvalue weighted by molar-refractivity contribution is 7.15. The van der Waals surface area contributed by atoms with E-state index in [4.69, 9.17) is 0 Å². The normalized spacial score (nSPS) is 10.8. The second-order valence-electron chi connectivity index (χ2n) is 5.92. The lowest BCUT2D eigenvalue weighted by Gasteiger charge is -2.04. The van der Waals surface area contributed by atoms with Crippen LogP contribution in [0.3, 0.4) is 0 Å². The first-order valence-corrected chi connectivity index (χ1v) is 8.99. The van der Waals surface area contributed by atoms with Crippen LogP contribution in [0.1, 0.15) is 20.8 Å². The van der Waals surface area contributed by atoms with E-state index in [0.717, 1.165) is 15.6 Å². The summed E-state index contributed by atoms with van der Waals surface area (Å²) in [7, 11) is 0. The Morgan fingerprint density at radius 3 is 2.62 bits per heavy atom. The maximum atomic E-state index is 13.8. The van der Waals surface area contributed by atoms with Crippen molar-refractivity contribution in [1.82, 2.24) is 4.98 Å². The number of nitrogens with zero attached hydrogens (tertiary/aromatic N) is 1. The molecule has 0 saturated carbocycles. The van der Waals surface area contributed by atoms with Crippen molar-refractivity contribution in [1.29, 1.82) is 0 Å². The lowest BCUT2D eigenvalue weighted by Crippen LogP contribution is -2.11. The molecule has 4 rings (SSSR count). The Bertz CT molecular complexity index is 1090. The van der Waals surface area contributed by atoms with Gasteiger partial charge in [0.25, 0.3) is 5.91 Å². The third kappa shape index (κ3) is 3.48. The highest BCUT2D eigenvalue weighted by Gasteiger charge is 2.11. The fourth-order valence-electron chi connectivity index (χ4n) is 2.78. The Morgan fingerprint density at radius 2 is 1.77 bits per heavy atom. The zero-order chi connectivity index (χ0) is 17.9. The number of rotatable bonds is 4. The summed E-state index contributed by atoms with van der Waals surface area (Å²) in [5.41, 5.74) is 1.19. The molecule has 0 bridgehead atoms. The van der Waals surface area contributed by atoms with Crippen molar-refractivity contribution in [2.45, 2.75) is 6.42 Å². The quantitative estimate of drug-likeness (QED) is 0.537. The van der Waals surface area contributed by atoms with Gasteiger partial charge in [-0.1, -0.05) is 48.5 Å². The Hall–Kier alpha value is -3.05. The van der Waals surface area contributed by atoms with Gasteiger partial charge in [0.15, 0.2) is 5.13 Å². The van der Waals surface area contributed by atoms with Gasteiger partial charge in [-0.05, 0) is 34.5 Å². The standard InChI is InChI=1S/C21H15FN2OS/c22-19-8-4-3-7-16(19)12-18-13-23-21(26-18)24-20(25)17-10-9-14-5-1-2-6-15(14)11-17/h1-11,13H,12H2,(H,23,24,25). The van der Waals surface area contributed by atoms with Crippen LogP contribution in [-0.4, -0.2) is 10.9 Å². The molecule has 0 spiro atoms. The van der Waals surface area contributed by atoms with Gasteiger partial charge < -0.3 is 0 Å². The number of halogens is 1. The first-order chi connectivity index (χ1) is 12.7. The largest absolute Gasteiger partial charge is 0.298 e. The van der Waals surface area contributed by atoms with E-state index >= 15 is 0 Å². The van der Waals surface area contributed by atoms with E-state index in [2.05, 4.69) is 10.3 Å². The number of fused-ring (bicyclic) bond motifs is 1.